The average molecular weight is 504 g/mol. The van der Waals surface area contributed by atoms with Gasteiger partial charge in [-0.3, -0.25) is 9.97 Å². The molecule has 0 aliphatic carbocycles. The highest BCUT2D eigenvalue weighted by Crippen LogP contribution is 2.42. The first-order valence-corrected chi connectivity index (χ1v) is 12.5. The fourth-order valence-corrected chi connectivity index (χ4v) is 5.11. The Morgan fingerprint density at radius 3 is 2.38 bits per heavy atom. The van der Waals surface area contributed by atoms with Crippen LogP contribution in [0, 0.1) is 0 Å². The first-order valence-electron chi connectivity index (χ1n) is 12.1. The van der Waals surface area contributed by atoms with Gasteiger partial charge in [0, 0.05) is 42.7 Å². The Bertz CT molecular complexity index is 1470. The molecule has 182 valence electrons. The molecule has 2 atom stereocenters. The summed E-state index contributed by atoms with van der Waals surface area (Å²) in [7, 11) is 0. The molecule has 0 spiro atoms. The van der Waals surface area contributed by atoms with Crippen LogP contribution in [-0.4, -0.2) is 19.6 Å². The van der Waals surface area contributed by atoms with E-state index in [1.807, 2.05) is 79.1 Å². The number of anilines is 1. The van der Waals surface area contributed by atoms with E-state index >= 15 is 0 Å². The number of nitrogens with one attached hydrogen (secondary N) is 1. The molecule has 37 heavy (non-hydrogen) atoms. The first kappa shape index (κ1) is 22.9. The normalized spacial score (nSPS) is 17.0. The van der Waals surface area contributed by atoms with E-state index in [4.69, 9.17) is 17.0 Å². The molecule has 4 heterocycles. The Morgan fingerprint density at radius 1 is 0.811 bits per heavy atom. The number of hydrogen-bond acceptors (Lipinski definition) is 4. The zero-order valence-corrected chi connectivity index (χ0v) is 20.8. The summed E-state index contributed by atoms with van der Waals surface area (Å²) in [5.74, 6) is 1.57. The monoisotopic (exact) mass is 503 g/mol. The fraction of sp³-hybridized carbons (Fsp3) is 0.100. The summed E-state index contributed by atoms with van der Waals surface area (Å²) in [5.41, 5.74) is 4.19. The van der Waals surface area contributed by atoms with Gasteiger partial charge < -0.3 is 19.5 Å². The fourth-order valence-electron chi connectivity index (χ4n) is 4.76. The van der Waals surface area contributed by atoms with Crippen LogP contribution >= 0.6 is 12.2 Å². The van der Waals surface area contributed by atoms with E-state index in [1.54, 1.807) is 6.20 Å². The van der Waals surface area contributed by atoms with Crippen LogP contribution < -0.4 is 15.0 Å². The second-order valence-electron chi connectivity index (χ2n) is 8.83. The molecule has 5 aromatic rings. The topological polar surface area (TPSA) is 55.2 Å². The smallest absolute Gasteiger partial charge is 0.174 e. The van der Waals surface area contributed by atoms with Gasteiger partial charge in [-0.05, 0) is 84.5 Å². The minimum absolute atomic E-state index is 0.102. The van der Waals surface area contributed by atoms with Crippen molar-refractivity contribution in [1.82, 2.24) is 19.9 Å². The second kappa shape index (κ2) is 10.2. The summed E-state index contributed by atoms with van der Waals surface area (Å²) in [6, 6.07) is 31.9. The van der Waals surface area contributed by atoms with Crippen LogP contribution in [0.15, 0.2) is 122 Å². The Hall–Kier alpha value is -4.49. The van der Waals surface area contributed by atoms with E-state index in [0.717, 1.165) is 34.1 Å². The number of aromatic nitrogens is 3. The van der Waals surface area contributed by atoms with Crippen molar-refractivity contribution in [3.63, 3.8) is 0 Å². The molecular weight excluding hydrogens is 478 g/mol. The van der Waals surface area contributed by atoms with Crippen LogP contribution in [0.2, 0.25) is 0 Å². The van der Waals surface area contributed by atoms with Gasteiger partial charge >= 0.3 is 0 Å². The number of nitrogens with zero attached hydrogens (tertiary/aromatic N) is 4. The molecule has 1 aliphatic heterocycles. The predicted octanol–water partition coefficient (Wildman–Crippen LogP) is 6.30. The van der Waals surface area contributed by atoms with Crippen molar-refractivity contribution in [2.24, 2.45) is 0 Å². The maximum atomic E-state index is 6.01. The second-order valence-corrected chi connectivity index (χ2v) is 9.21. The standard InChI is InChI=1S/C30H25N5OS/c37-30-33-28(26-11-4-5-18-32-26)29(27-12-7-19-34(27)21-22-8-6-17-31-20-22)35(30)23-13-15-25(16-14-23)36-24-9-2-1-3-10-24/h1-20,28-29H,21H2,(H,33,37)/t28-,29+/m0/s1. The maximum absolute atomic E-state index is 6.01. The molecule has 0 amide bonds. The summed E-state index contributed by atoms with van der Waals surface area (Å²) in [6.07, 6.45) is 7.63. The number of benzene rings is 2. The Balaban J connectivity index is 1.36. The summed E-state index contributed by atoms with van der Waals surface area (Å²) >= 11 is 5.90. The predicted molar refractivity (Wildman–Crippen MR) is 149 cm³/mol. The molecule has 3 aromatic heterocycles. The molecule has 7 heteroatoms. The highest BCUT2D eigenvalue weighted by atomic mass is 32.1. The van der Waals surface area contributed by atoms with Crippen LogP contribution in [0.1, 0.15) is 29.0 Å². The maximum Gasteiger partial charge on any atom is 0.174 e. The van der Waals surface area contributed by atoms with Gasteiger partial charge in [-0.25, -0.2) is 0 Å². The average Bonchev–Trinajstić information content (AvgIpc) is 3.54. The Kier molecular flexibility index (Phi) is 6.35. The van der Waals surface area contributed by atoms with E-state index < -0.39 is 0 Å². The number of para-hydroxylation sites is 1. The largest absolute Gasteiger partial charge is 0.457 e. The van der Waals surface area contributed by atoms with Gasteiger partial charge in [0.25, 0.3) is 0 Å². The molecule has 1 fully saturated rings. The van der Waals surface area contributed by atoms with Crippen molar-refractivity contribution >= 4 is 23.0 Å². The molecular formula is C30H25N5OS. The molecule has 0 unspecified atom stereocenters. The number of hydrogen-bond donors (Lipinski definition) is 1. The van der Waals surface area contributed by atoms with Crippen LogP contribution in [-0.2, 0) is 6.54 Å². The third-order valence-electron chi connectivity index (χ3n) is 6.44. The lowest BCUT2D eigenvalue weighted by Crippen LogP contribution is -2.30. The van der Waals surface area contributed by atoms with Gasteiger partial charge in [0.15, 0.2) is 5.11 Å². The number of rotatable bonds is 7. The van der Waals surface area contributed by atoms with E-state index in [1.165, 1.54) is 0 Å². The molecule has 0 bridgehead atoms. The van der Waals surface area contributed by atoms with Gasteiger partial charge in [0.05, 0.1) is 11.7 Å². The summed E-state index contributed by atoms with van der Waals surface area (Å²) in [4.78, 5) is 11.1. The molecule has 1 N–H and O–H groups in total. The lowest BCUT2D eigenvalue weighted by atomic mass is 10.0. The summed E-state index contributed by atoms with van der Waals surface area (Å²) < 4.78 is 8.27. The zero-order chi connectivity index (χ0) is 25.0. The number of thiocarbonyl (C=S) groups is 1. The minimum atomic E-state index is -0.114. The minimum Gasteiger partial charge on any atom is -0.457 e. The molecule has 2 aromatic carbocycles. The van der Waals surface area contributed by atoms with E-state index in [-0.39, 0.29) is 12.1 Å². The molecule has 1 aliphatic rings. The molecule has 0 radical (unpaired) electrons. The highest BCUT2D eigenvalue weighted by molar-refractivity contribution is 7.80. The Labute approximate surface area is 221 Å². The van der Waals surface area contributed by atoms with Crippen molar-refractivity contribution in [2.75, 3.05) is 4.90 Å². The Morgan fingerprint density at radius 2 is 1.62 bits per heavy atom. The zero-order valence-electron chi connectivity index (χ0n) is 20.0. The van der Waals surface area contributed by atoms with Crippen molar-refractivity contribution in [3.05, 3.63) is 139 Å². The van der Waals surface area contributed by atoms with Crippen molar-refractivity contribution in [2.45, 2.75) is 18.6 Å². The van der Waals surface area contributed by atoms with Gasteiger partial charge in [-0.2, -0.15) is 0 Å². The van der Waals surface area contributed by atoms with E-state index in [9.17, 15) is 0 Å². The van der Waals surface area contributed by atoms with E-state index in [0.29, 0.717) is 11.7 Å². The number of pyridine rings is 2. The van der Waals surface area contributed by atoms with Crippen molar-refractivity contribution < 1.29 is 4.74 Å². The lowest BCUT2D eigenvalue weighted by molar-refractivity contribution is 0.482. The van der Waals surface area contributed by atoms with E-state index in [2.05, 4.69) is 61.3 Å². The van der Waals surface area contributed by atoms with Crippen LogP contribution in [0.3, 0.4) is 0 Å². The third-order valence-corrected chi connectivity index (χ3v) is 6.75. The van der Waals surface area contributed by atoms with Gasteiger partial charge in [0.1, 0.15) is 17.5 Å². The van der Waals surface area contributed by atoms with Crippen LogP contribution in [0.4, 0.5) is 5.69 Å². The molecule has 1 saturated heterocycles. The van der Waals surface area contributed by atoms with Gasteiger partial charge in [-0.1, -0.05) is 30.3 Å². The van der Waals surface area contributed by atoms with Crippen molar-refractivity contribution in [3.8, 4) is 11.5 Å². The van der Waals surface area contributed by atoms with Crippen molar-refractivity contribution in [1.29, 1.82) is 0 Å². The van der Waals surface area contributed by atoms with Gasteiger partial charge in [-0.15, -0.1) is 0 Å². The quantitative estimate of drug-likeness (QED) is 0.263. The summed E-state index contributed by atoms with van der Waals surface area (Å²) in [6.45, 7) is 0.714. The first-order chi connectivity index (χ1) is 18.3. The molecule has 6 nitrogen and oxygen atoms in total. The number of ether oxygens (including phenoxy) is 1. The highest BCUT2D eigenvalue weighted by Gasteiger charge is 2.42. The molecule has 6 rings (SSSR count). The van der Waals surface area contributed by atoms with Crippen LogP contribution in [0.25, 0.3) is 0 Å². The summed E-state index contributed by atoms with van der Waals surface area (Å²) in [5, 5.41) is 4.20. The van der Waals surface area contributed by atoms with Crippen LogP contribution in [0.5, 0.6) is 11.5 Å². The van der Waals surface area contributed by atoms with Gasteiger partial charge in [0.2, 0.25) is 0 Å². The lowest BCUT2D eigenvalue weighted by Gasteiger charge is -2.29. The SMILES string of the molecule is S=C1N[C@@H](c2ccccn2)[C@@H](c2cccn2Cc2cccnc2)N1c1ccc(Oc2ccccc2)cc1. The third kappa shape index (κ3) is 4.81. The molecule has 0 saturated carbocycles.